The number of rotatable bonds is 4. The van der Waals surface area contributed by atoms with Crippen LogP contribution in [0.1, 0.15) is 45.9 Å². The minimum Gasteiger partial charge on any atom is -0.478 e. The largest absolute Gasteiger partial charge is 0.478 e. The number of aromatic carboxylic acids is 1. The van der Waals surface area contributed by atoms with Gasteiger partial charge in [-0.2, -0.15) is 0 Å². The van der Waals surface area contributed by atoms with E-state index in [1.54, 1.807) is 18.2 Å². The summed E-state index contributed by atoms with van der Waals surface area (Å²) in [5, 5.41) is 10.5. The molecule has 3 heterocycles. The Hall–Kier alpha value is -3.84. The Labute approximate surface area is 200 Å². The van der Waals surface area contributed by atoms with Gasteiger partial charge in [0.05, 0.1) is 17.6 Å². The number of hydrogen-bond acceptors (Lipinski definition) is 3. The average molecular weight is 472 g/mol. The molecule has 0 aliphatic carbocycles. The van der Waals surface area contributed by atoms with E-state index in [4.69, 9.17) is 4.74 Å². The molecular weight excluding hydrogens is 450 g/mol. The van der Waals surface area contributed by atoms with E-state index >= 15 is 0 Å². The zero-order valence-electron chi connectivity index (χ0n) is 18.8. The van der Waals surface area contributed by atoms with Crippen molar-refractivity contribution in [3.8, 4) is 16.8 Å². The lowest BCUT2D eigenvalue weighted by molar-refractivity contribution is 0.0692. The summed E-state index contributed by atoms with van der Waals surface area (Å²) in [5.74, 6) is -2.28. The van der Waals surface area contributed by atoms with Gasteiger partial charge in [0.15, 0.2) is 0 Å². The molecule has 0 radical (unpaired) electrons. The van der Waals surface area contributed by atoms with Crippen LogP contribution < -0.4 is 0 Å². The number of halogens is 2. The lowest BCUT2D eigenvalue weighted by Crippen LogP contribution is -2.17. The van der Waals surface area contributed by atoms with Crippen LogP contribution in [0.15, 0.2) is 59.6 Å². The summed E-state index contributed by atoms with van der Waals surface area (Å²) < 4.78 is 35.9. The van der Waals surface area contributed by atoms with E-state index in [9.17, 15) is 18.7 Å². The molecule has 2 aliphatic heterocycles. The SMILES string of the molecule is O=C(O)c1cc(-c2c(C3CCOCC3)n(-c3ccc(F)cc3)c3cc4c(cc23)CN=C4)ccc1F. The Kier molecular flexibility index (Phi) is 5.22. The maximum absolute atomic E-state index is 14.3. The highest BCUT2D eigenvalue weighted by Crippen LogP contribution is 2.45. The molecule has 1 saturated heterocycles. The Morgan fingerprint density at radius 3 is 2.54 bits per heavy atom. The number of carboxylic acids is 1. The van der Waals surface area contributed by atoms with Crippen molar-refractivity contribution in [1.82, 2.24) is 4.57 Å². The molecule has 6 rings (SSSR count). The van der Waals surface area contributed by atoms with Crippen molar-refractivity contribution < 1.29 is 23.4 Å². The van der Waals surface area contributed by atoms with Crippen LogP contribution in [-0.4, -0.2) is 35.1 Å². The van der Waals surface area contributed by atoms with Crippen molar-refractivity contribution in [2.24, 2.45) is 4.99 Å². The second-order valence-electron chi connectivity index (χ2n) is 9.00. The van der Waals surface area contributed by atoms with Gasteiger partial charge in [-0.25, -0.2) is 13.6 Å². The van der Waals surface area contributed by atoms with Gasteiger partial charge >= 0.3 is 5.97 Å². The summed E-state index contributed by atoms with van der Waals surface area (Å²) in [4.78, 5) is 16.2. The molecule has 35 heavy (non-hydrogen) atoms. The quantitative estimate of drug-likeness (QED) is 0.390. The van der Waals surface area contributed by atoms with E-state index in [1.165, 1.54) is 24.3 Å². The number of benzene rings is 3. The van der Waals surface area contributed by atoms with Gasteiger partial charge in [0, 0.05) is 47.7 Å². The van der Waals surface area contributed by atoms with E-state index in [-0.39, 0.29) is 17.3 Å². The van der Waals surface area contributed by atoms with Gasteiger partial charge in [-0.05, 0) is 78.1 Å². The molecule has 0 spiro atoms. The molecule has 5 nitrogen and oxygen atoms in total. The minimum atomic E-state index is -1.31. The summed E-state index contributed by atoms with van der Waals surface area (Å²) in [6, 6.07) is 14.8. The first kappa shape index (κ1) is 21.7. The smallest absolute Gasteiger partial charge is 0.338 e. The topological polar surface area (TPSA) is 63.8 Å². The predicted octanol–water partition coefficient (Wildman–Crippen LogP) is 6.10. The van der Waals surface area contributed by atoms with Crippen LogP contribution in [0.2, 0.25) is 0 Å². The van der Waals surface area contributed by atoms with E-state index < -0.39 is 11.8 Å². The molecule has 2 aliphatic rings. The highest BCUT2D eigenvalue weighted by atomic mass is 19.1. The second-order valence-corrected chi connectivity index (χ2v) is 9.00. The third kappa shape index (κ3) is 3.63. The van der Waals surface area contributed by atoms with Crippen LogP contribution in [0, 0.1) is 11.6 Å². The zero-order valence-corrected chi connectivity index (χ0v) is 18.8. The van der Waals surface area contributed by atoms with Crippen molar-refractivity contribution in [1.29, 1.82) is 0 Å². The number of carbonyl (C=O) groups is 1. The molecule has 1 N–H and O–H groups in total. The molecule has 3 aromatic carbocycles. The number of carboxylic acid groups (broad SMARTS) is 1. The van der Waals surface area contributed by atoms with Crippen molar-refractivity contribution in [3.05, 3.63) is 88.6 Å². The second kappa shape index (κ2) is 8.43. The first-order valence-corrected chi connectivity index (χ1v) is 11.6. The summed E-state index contributed by atoms with van der Waals surface area (Å²) in [7, 11) is 0. The zero-order chi connectivity index (χ0) is 24.1. The number of aliphatic imine (C=N–C) groups is 1. The Balaban J connectivity index is 1.73. The minimum absolute atomic E-state index is 0.123. The van der Waals surface area contributed by atoms with Crippen LogP contribution >= 0.6 is 0 Å². The Bertz CT molecular complexity index is 1500. The van der Waals surface area contributed by atoms with Crippen LogP contribution in [0.5, 0.6) is 0 Å². The van der Waals surface area contributed by atoms with Gasteiger partial charge in [-0.1, -0.05) is 6.07 Å². The molecule has 0 amide bonds. The first-order valence-electron chi connectivity index (χ1n) is 11.6. The number of nitrogens with zero attached hydrogens (tertiary/aromatic N) is 2. The molecule has 1 aromatic heterocycles. The highest BCUT2D eigenvalue weighted by molar-refractivity contribution is 6.04. The number of aromatic nitrogens is 1. The van der Waals surface area contributed by atoms with Crippen LogP contribution in [0.3, 0.4) is 0 Å². The first-order chi connectivity index (χ1) is 17.0. The van der Waals surface area contributed by atoms with Gasteiger partial charge in [0.1, 0.15) is 11.6 Å². The fraction of sp³-hybridized carbons (Fsp3) is 0.214. The van der Waals surface area contributed by atoms with Gasteiger partial charge in [-0.15, -0.1) is 0 Å². The molecule has 4 aromatic rings. The standard InChI is InChI=1S/C28H22F2N2O3/c29-20-2-4-21(5-3-20)32-25-13-19-15-31-14-18(19)12-23(25)26(27(32)16-7-9-35-10-8-16)17-1-6-24(30)22(11-17)28(33)34/h1-6,11-13,15-16H,7-10,14H2,(H,33,34). The Morgan fingerprint density at radius 1 is 1.03 bits per heavy atom. The van der Waals surface area contributed by atoms with Gasteiger partial charge in [0.25, 0.3) is 0 Å². The van der Waals surface area contributed by atoms with Gasteiger partial charge < -0.3 is 14.4 Å². The average Bonchev–Trinajstić information content (AvgIpc) is 3.46. The highest BCUT2D eigenvalue weighted by Gasteiger charge is 2.29. The van der Waals surface area contributed by atoms with Gasteiger partial charge in [-0.3, -0.25) is 4.99 Å². The molecular formula is C28H22F2N2O3. The van der Waals surface area contributed by atoms with Crippen molar-refractivity contribution in [2.45, 2.75) is 25.3 Å². The molecule has 0 bridgehead atoms. The van der Waals surface area contributed by atoms with Crippen LogP contribution in [0.25, 0.3) is 27.7 Å². The molecule has 0 atom stereocenters. The summed E-state index contributed by atoms with van der Waals surface area (Å²) in [5.41, 5.74) is 5.96. The van der Waals surface area contributed by atoms with Crippen molar-refractivity contribution >= 4 is 23.1 Å². The predicted molar refractivity (Wildman–Crippen MR) is 130 cm³/mol. The number of ether oxygens (including phenoxy) is 1. The molecule has 0 saturated carbocycles. The lowest BCUT2D eigenvalue weighted by atomic mass is 9.89. The third-order valence-electron chi connectivity index (χ3n) is 6.94. The maximum Gasteiger partial charge on any atom is 0.338 e. The fourth-order valence-electron chi connectivity index (χ4n) is 5.29. The monoisotopic (exact) mass is 472 g/mol. The van der Waals surface area contributed by atoms with Gasteiger partial charge in [0.2, 0.25) is 0 Å². The van der Waals surface area contributed by atoms with E-state index in [1.807, 2.05) is 6.21 Å². The van der Waals surface area contributed by atoms with E-state index in [0.717, 1.165) is 51.8 Å². The molecule has 176 valence electrons. The van der Waals surface area contributed by atoms with E-state index in [2.05, 4.69) is 21.7 Å². The van der Waals surface area contributed by atoms with Crippen molar-refractivity contribution in [2.75, 3.05) is 13.2 Å². The molecule has 1 fully saturated rings. The summed E-state index contributed by atoms with van der Waals surface area (Å²) in [6.07, 6.45) is 3.43. The lowest BCUT2D eigenvalue weighted by Gasteiger charge is -2.26. The number of hydrogen-bond donors (Lipinski definition) is 1. The third-order valence-corrected chi connectivity index (χ3v) is 6.94. The Morgan fingerprint density at radius 2 is 1.80 bits per heavy atom. The van der Waals surface area contributed by atoms with Crippen LogP contribution in [0.4, 0.5) is 8.78 Å². The normalized spacial score (nSPS) is 15.6. The van der Waals surface area contributed by atoms with Crippen molar-refractivity contribution in [3.63, 3.8) is 0 Å². The number of fused-ring (bicyclic) bond motifs is 2. The van der Waals surface area contributed by atoms with E-state index in [0.29, 0.717) is 25.3 Å². The summed E-state index contributed by atoms with van der Waals surface area (Å²) >= 11 is 0. The maximum atomic E-state index is 14.3. The molecule has 0 unspecified atom stereocenters. The summed E-state index contributed by atoms with van der Waals surface area (Å²) in [6.45, 7) is 1.80. The fourth-order valence-corrected chi connectivity index (χ4v) is 5.29. The molecule has 7 heteroatoms. The van der Waals surface area contributed by atoms with Crippen LogP contribution in [-0.2, 0) is 11.3 Å².